The number of hydrogen-bond donors (Lipinski definition) is 2. The van der Waals surface area contributed by atoms with Crippen molar-refractivity contribution in [3.8, 4) is 0 Å². The Hall–Kier alpha value is -1.30. The van der Waals surface area contributed by atoms with Crippen molar-refractivity contribution in [1.82, 2.24) is 10.2 Å². The van der Waals surface area contributed by atoms with Gasteiger partial charge in [0.25, 0.3) is 0 Å². The molecule has 2 fully saturated rings. The zero-order valence-electron chi connectivity index (χ0n) is 13.1. The summed E-state index contributed by atoms with van der Waals surface area (Å²) in [6, 6.07) is -1.03. The molecule has 1 unspecified atom stereocenters. The number of amides is 2. The molecule has 21 heavy (non-hydrogen) atoms. The molecule has 0 radical (unpaired) electrons. The molecule has 6 nitrogen and oxygen atoms in total. The number of nitrogens with one attached hydrogen (secondary N) is 1. The largest absolute Gasteiger partial charge is 0.480 e. The van der Waals surface area contributed by atoms with Crippen LogP contribution in [0.1, 0.15) is 46.5 Å². The minimum atomic E-state index is -0.924. The third-order valence-electron chi connectivity index (χ3n) is 4.77. The standard InChI is InChI=1S/C15H26N2O4/c1-14(2)5-4-8-17(11(14)12(18)19)13(20)16-15(3)6-9-21-10-7-15/h11H,4-10H2,1-3H3,(H,16,20)(H,18,19). The second-order valence-electron chi connectivity index (χ2n) is 7.13. The van der Waals surface area contributed by atoms with Gasteiger partial charge in [0.15, 0.2) is 0 Å². The van der Waals surface area contributed by atoms with Gasteiger partial charge in [0.2, 0.25) is 0 Å². The fourth-order valence-corrected chi connectivity index (χ4v) is 3.36. The van der Waals surface area contributed by atoms with Gasteiger partial charge in [0, 0.05) is 25.3 Å². The second kappa shape index (κ2) is 5.83. The first-order valence-corrected chi connectivity index (χ1v) is 7.65. The molecule has 2 rings (SSSR count). The summed E-state index contributed by atoms with van der Waals surface area (Å²) in [5.74, 6) is -0.924. The highest BCUT2D eigenvalue weighted by Gasteiger charge is 2.45. The van der Waals surface area contributed by atoms with Crippen molar-refractivity contribution in [3.63, 3.8) is 0 Å². The van der Waals surface area contributed by atoms with E-state index in [1.165, 1.54) is 4.90 Å². The van der Waals surface area contributed by atoms with E-state index in [0.29, 0.717) is 19.8 Å². The lowest BCUT2D eigenvalue weighted by Crippen LogP contribution is -2.62. The maximum atomic E-state index is 12.6. The van der Waals surface area contributed by atoms with Crippen LogP contribution in [-0.4, -0.2) is 53.3 Å². The number of carbonyl (C=O) groups is 2. The molecule has 2 saturated heterocycles. The zero-order valence-corrected chi connectivity index (χ0v) is 13.1. The van der Waals surface area contributed by atoms with Crippen LogP contribution in [-0.2, 0) is 9.53 Å². The van der Waals surface area contributed by atoms with Crippen molar-refractivity contribution >= 4 is 12.0 Å². The molecule has 6 heteroatoms. The van der Waals surface area contributed by atoms with E-state index in [-0.39, 0.29) is 11.6 Å². The van der Waals surface area contributed by atoms with Gasteiger partial charge in [-0.15, -0.1) is 0 Å². The molecule has 0 aromatic rings. The smallest absolute Gasteiger partial charge is 0.327 e. The summed E-state index contributed by atoms with van der Waals surface area (Å²) in [7, 11) is 0. The number of aliphatic carboxylic acids is 1. The molecule has 0 saturated carbocycles. The molecular weight excluding hydrogens is 272 g/mol. The molecule has 120 valence electrons. The quantitative estimate of drug-likeness (QED) is 0.815. The Labute approximate surface area is 125 Å². The van der Waals surface area contributed by atoms with Gasteiger partial charge < -0.3 is 20.1 Å². The number of likely N-dealkylation sites (tertiary alicyclic amines) is 1. The predicted molar refractivity (Wildman–Crippen MR) is 78.1 cm³/mol. The van der Waals surface area contributed by atoms with E-state index in [9.17, 15) is 14.7 Å². The molecule has 2 aliphatic rings. The van der Waals surface area contributed by atoms with Crippen LogP contribution in [0.4, 0.5) is 4.79 Å². The number of urea groups is 1. The van der Waals surface area contributed by atoms with E-state index in [4.69, 9.17) is 4.74 Å². The van der Waals surface area contributed by atoms with E-state index in [1.54, 1.807) is 0 Å². The summed E-state index contributed by atoms with van der Waals surface area (Å²) < 4.78 is 5.33. The van der Waals surface area contributed by atoms with Gasteiger partial charge in [-0.05, 0) is 38.0 Å². The first-order valence-electron chi connectivity index (χ1n) is 7.65. The van der Waals surface area contributed by atoms with Crippen molar-refractivity contribution in [2.75, 3.05) is 19.8 Å². The Bertz CT molecular complexity index is 416. The highest BCUT2D eigenvalue weighted by atomic mass is 16.5. The number of hydrogen-bond acceptors (Lipinski definition) is 3. The summed E-state index contributed by atoms with van der Waals surface area (Å²) in [4.78, 5) is 25.7. The fourth-order valence-electron chi connectivity index (χ4n) is 3.36. The topological polar surface area (TPSA) is 78.9 Å². The summed E-state index contributed by atoms with van der Waals surface area (Å²) in [5.41, 5.74) is -0.710. The Morgan fingerprint density at radius 1 is 1.19 bits per heavy atom. The molecule has 0 aromatic heterocycles. The first kappa shape index (κ1) is 16.1. The van der Waals surface area contributed by atoms with Crippen LogP contribution in [0.5, 0.6) is 0 Å². The molecule has 0 bridgehead atoms. The van der Waals surface area contributed by atoms with E-state index in [0.717, 1.165) is 25.7 Å². The van der Waals surface area contributed by atoms with Crippen LogP contribution in [0.3, 0.4) is 0 Å². The monoisotopic (exact) mass is 298 g/mol. The highest BCUT2D eigenvalue weighted by molar-refractivity contribution is 5.84. The summed E-state index contributed by atoms with van der Waals surface area (Å²) in [5, 5.41) is 12.6. The summed E-state index contributed by atoms with van der Waals surface area (Å²) in [6.45, 7) is 7.59. The van der Waals surface area contributed by atoms with Crippen LogP contribution in [0.25, 0.3) is 0 Å². The lowest BCUT2D eigenvalue weighted by Gasteiger charge is -2.45. The highest BCUT2D eigenvalue weighted by Crippen LogP contribution is 2.35. The van der Waals surface area contributed by atoms with E-state index < -0.39 is 17.4 Å². The van der Waals surface area contributed by atoms with Gasteiger partial charge in [-0.25, -0.2) is 9.59 Å². The van der Waals surface area contributed by atoms with Gasteiger partial charge in [-0.3, -0.25) is 0 Å². The first-order chi connectivity index (χ1) is 9.75. The van der Waals surface area contributed by atoms with Crippen LogP contribution in [0.15, 0.2) is 0 Å². The van der Waals surface area contributed by atoms with Crippen molar-refractivity contribution in [1.29, 1.82) is 0 Å². The number of carboxylic acids is 1. The molecule has 1 atom stereocenters. The number of rotatable bonds is 2. The summed E-state index contributed by atoms with van der Waals surface area (Å²) >= 11 is 0. The van der Waals surface area contributed by atoms with Crippen molar-refractivity contribution in [2.24, 2.45) is 5.41 Å². The lowest BCUT2D eigenvalue weighted by atomic mass is 9.76. The average molecular weight is 298 g/mol. The lowest BCUT2D eigenvalue weighted by molar-refractivity contribution is -0.148. The van der Waals surface area contributed by atoms with Crippen LogP contribution in [0.2, 0.25) is 0 Å². The van der Waals surface area contributed by atoms with E-state index in [1.807, 2.05) is 20.8 Å². The Kier molecular flexibility index (Phi) is 4.46. The van der Waals surface area contributed by atoms with E-state index >= 15 is 0 Å². The Morgan fingerprint density at radius 2 is 1.81 bits per heavy atom. The zero-order chi connectivity index (χ0) is 15.7. The van der Waals surface area contributed by atoms with Gasteiger partial charge >= 0.3 is 12.0 Å². The molecule has 2 N–H and O–H groups in total. The van der Waals surface area contributed by atoms with Crippen molar-refractivity contribution in [2.45, 2.75) is 58.0 Å². The average Bonchev–Trinajstić information content (AvgIpc) is 2.37. The molecule has 0 spiro atoms. The van der Waals surface area contributed by atoms with Crippen molar-refractivity contribution < 1.29 is 19.4 Å². The SMILES string of the molecule is CC1(NC(=O)N2CCCC(C)(C)C2C(=O)O)CCOCC1. The number of piperidine rings is 1. The van der Waals surface area contributed by atoms with Crippen LogP contribution < -0.4 is 5.32 Å². The molecule has 0 aromatic carbocycles. The number of carbonyl (C=O) groups excluding carboxylic acids is 1. The van der Waals surface area contributed by atoms with Gasteiger partial charge in [-0.1, -0.05) is 13.8 Å². The van der Waals surface area contributed by atoms with Gasteiger partial charge in [0.1, 0.15) is 6.04 Å². The maximum Gasteiger partial charge on any atom is 0.327 e. The predicted octanol–water partition coefficient (Wildman–Crippen LogP) is 1.84. The minimum Gasteiger partial charge on any atom is -0.480 e. The third-order valence-corrected chi connectivity index (χ3v) is 4.77. The van der Waals surface area contributed by atoms with Gasteiger partial charge in [0.05, 0.1) is 0 Å². The second-order valence-corrected chi connectivity index (χ2v) is 7.13. The van der Waals surface area contributed by atoms with Crippen molar-refractivity contribution in [3.05, 3.63) is 0 Å². The van der Waals surface area contributed by atoms with E-state index in [2.05, 4.69) is 5.32 Å². The number of nitrogens with zero attached hydrogens (tertiary/aromatic N) is 1. The number of carboxylic acid groups (broad SMARTS) is 1. The van der Waals surface area contributed by atoms with Gasteiger partial charge in [-0.2, -0.15) is 0 Å². The molecule has 0 aliphatic carbocycles. The molecule has 2 aliphatic heterocycles. The normalized spacial score (nSPS) is 28.0. The van der Waals surface area contributed by atoms with Crippen LogP contribution >= 0.6 is 0 Å². The number of ether oxygens (including phenoxy) is 1. The molecule has 2 heterocycles. The third kappa shape index (κ3) is 3.48. The minimum absolute atomic E-state index is 0.264. The maximum absolute atomic E-state index is 12.6. The Morgan fingerprint density at radius 3 is 2.38 bits per heavy atom. The molecule has 2 amide bonds. The summed E-state index contributed by atoms with van der Waals surface area (Å²) in [6.07, 6.45) is 3.17. The molecular formula is C15H26N2O4. The van der Waals surface area contributed by atoms with Crippen LogP contribution in [0, 0.1) is 5.41 Å². The Balaban J connectivity index is 2.11. The fraction of sp³-hybridized carbons (Fsp3) is 0.867.